The lowest BCUT2D eigenvalue weighted by Crippen LogP contribution is -2.07. The lowest BCUT2D eigenvalue weighted by molar-refractivity contribution is 0.627. The van der Waals surface area contributed by atoms with E-state index >= 15 is 0 Å². The van der Waals surface area contributed by atoms with Crippen LogP contribution in [0.1, 0.15) is 28.9 Å². The van der Waals surface area contributed by atoms with Gasteiger partial charge in [0.2, 0.25) is 0 Å². The molecule has 0 amide bonds. The molecule has 2 heterocycles. The van der Waals surface area contributed by atoms with E-state index in [0.29, 0.717) is 47.7 Å². The molecule has 0 atom stereocenters. The predicted octanol–water partition coefficient (Wildman–Crippen LogP) is 3.09. The molecule has 2 aromatic heterocycles. The van der Waals surface area contributed by atoms with Crippen LogP contribution >= 0.6 is 0 Å². The molecule has 8 heteroatoms. The fourth-order valence-corrected chi connectivity index (χ4v) is 2.80. The van der Waals surface area contributed by atoms with Gasteiger partial charge in [0.15, 0.2) is 0 Å². The summed E-state index contributed by atoms with van der Waals surface area (Å²) in [6.45, 7) is 2.41. The molecule has 0 saturated heterocycles. The van der Waals surface area contributed by atoms with Crippen LogP contribution in [-0.2, 0) is 6.42 Å². The van der Waals surface area contributed by atoms with E-state index in [-0.39, 0.29) is 11.6 Å². The summed E-state index contributed by atoms with van der Waals surface area (Å²) in [5.74, 6) is 0.409. The van der Waals surface area contributed by atoms with E-state index in [9.17, 15) is 9.65 Å². The van der Waals surface area contributed by atoms with Crippen molar-refractivity contribution >= 4 is 11.6 Å². The van der Waals surface area contributed by atoms with Crippen LogP contribution in [0.4, 0.5) is 16.0 Å². The number of hydrogen-bond donors (Lipinski definition) is 2. The number of aryl methyl sites for hydroxylation is 2. The first-order chi connectivity index (χ1) is 13.5. The Labute approximate surface area is 161 Å². The number of nitrogen functional groups attached to an aromatic ring is 1. The Bertz CT molecular complexity index is 1070. The monoisotopic (exact) mass is 375 g/mol. The van der Waals surface area contributed by atoms with Gasteiger partial charge < -0.3 is 11.1 Å². The zero-order valence-electron chi connectivity index (χ0n) is 15.3. The number of nitrogens with zero attached hydrogens (tertiary/aromatic N) is 5. The van der Waals surface area contributed by atoms with Crippen LogP contribution in [-0.4, -0.2) is 21.3 Å². The third kappa shape index (κ3) is 3.92. The van der Waals surface area contributed by atoms with Gasteiger partial charge in [-0.2, -0.15) is 15.6 Å². The maximum Gasteiger partial charge on any atom is 0.145 e. The molecule has 0 spiro atoms. The van der Waals surface area contributed by atoms with Gasteiger partial charge in [-0.3, -0.25) is 0 Å². The van der Waals surface area contributed by atoms with Gasteiger partial charge in [-0.05, 0) is 56.2 Å². The van der Waals surface area contributed by atoms with E-state index in [0.717, 1.165) is 5.69 Å². The molecule has 3 rings (SSSR count). The van der Waals surface area contributed by atoms with Crippen LogP contribution < -0.4 is 11.1 Å². The van der Waals surface area contributed by atoms with E-state index in [2.05, 4.69) is 27.5 Å². The maximum atomic E-state index is 13.1. The van der Waals surface area contributed by atoms with Gasteiger partial charge in [-0.25, -0.2) is 14.1 Å². The number of benzene rings is 1. The minimum atomic E-state index is -0.359. The number of nitrogens with one attached hydrogen (secondary N) is 1. The number of halogens is 1. The molecule has 28 heavy (non-hydrogen) atoms. The summed E-state index contributed by atoms with van der Waals surface area (Å²) in [6, 6.07) is 13.4. The number of aromatic nitrogens is 3. The minimum Gasteiger partial charge on any atom is -0.382 e. The highest BCUT2D eigenvalue weighted by molar-refractivity contribution is 5.56. The number of nitriles is 2. The SMILES string of the molecule is Cc1ccc(C#N)c(NCCCc2nn(-c3ccc(F)cc3)c(N)c2C#N)n1. The van der Waals surface area contributed by atoms with Gasteiger partial charge in [0.25, 0.3) is 0 Å². The highest BCUT2D eigenvalue weighted by Gasteiger charge is 2.16. The Hall–Kier alpha value is -3.91. The van der Waals surface area contributed by atoms with Gasteiger partial charge in [-0.15, -0.1) is 0 Å². The summed E-state index contributed by atoms with van der Waals surface area (Å²) in [5.41, 5.74) is 8.83. The molecule has 0 aliphatic carbocycles. The number of nitrogens with two attached hydrogens (primary N) is 1. The zero-order valence-corrected chi connectivity index (χ0v) is 15.3. The van der Waals surface area contributed by atoms with Crippen molar-refractivity contribution in [2.24, 2.45) is 0 Å². The molecule has 0 fully saturated rings. The Morgan fingerprint density at radius 1 is 1.14 bits per heavy atom. The second kappa shape index (κ2) is 8.19. The van der Waals surface area contributed by atoms with Crippen LogP contribution in [0.15, 0.2) is 36.4 Å². The fourth-order valence-electron chi connectivity index (χ4n) is 2.80. The van der Waals surface area contributed by atoms with Crippen LogP contribution in [0, 0.1) is 35.4 Å². The van der Waals surface area contributed by atoms with E-state index in [1.54, 1.807) is 24.3 Å². The highest BCUT2D eigenvalue weighted by atomic mass is 19.1. The van der Waals surface area contributed by atoms with Crippen molar-refractivity contribution in [1.29, 1.82) is 10.5 Å². The average molecular weight is 375 g/mol. The maximum absolute atomic E-state index is 13.1. The third-order valence-corrected chi connectivity index (χ3v) is 4.21. The average Bonchev–Trinajstić information content (AvgIpc) is 3.01. The van der Waals surface area contributed by atoms with E-state index in [1.165, 1.54) is 16.8 Å². The van der Waals surface area contributed by atoms with Crippen molar-refractivity contribution in [2.75, 3.05) is 17.6 Å². The molecule has 0 saturated carbocycles. The number of anilines is 2. The summed E-state index contributed by atoms with van der Waals surface area (Å²) in [7, 11) is 0. The summed E-state index contributed by atoms with van der Waals surface area (Å²) in [5, 5.41) is 26.2. The van der Waals surface area contributed by atoms with Crippen LogP contribution in [0.2, 0.25) is 0 Å². The van der Waals surface area contributed by atoms with Crippen molar-refractivity contribution in [1.82, 2.24) is 14.8 Å². The lowest BCUT2D eigenvalue weighted by atomic mass is 10.1. The largest absolute Gasteiger partial charge is 0.382 e. The molecule has 140 valence electrons. The Balaban J connectivity index is 1.71. The normalized spacial score (nSPS) is 10.3. The van der Waals surface area contributed by atoms with Gasteiger partial charge in [0.1, 0.15) is 35.2 Å². The Morgan fingerprint density at radius 2 is 1.89 bits per heavy atom. The van der Waals surface area contributed by atoms with Crippen molar-refractivity contribution in [2.45, 2.75) is 19.8 Å². The van der Waals surface area contributed by atoms with Gasteiger partial charge in [0, 0.05) is 12.2 Å². The first kappa shape index (κ1) is 18.9. The van der Waals surface area contributed by atoms with Crippen molar-refractivity contribution in [3.63, 3.8) is 0 Å². The Morgan fingerprint density at radius 3 is 2.57 bits per heavy atom. The molecule has 0 unspecified atom stereocenters. The Kier molecular flexibility index (Phi) is 5.52. The quantitative estimate of drug-likeness (QED) is 0.640. The van der Waals surface area contributed by atoms with E-state index < -0.39 is 0 Å². The van der Waals surface area contributed by atoms with Gasteiger partial charge in [-0.1, -0.05) is 0 Å². The highest BCUT2D eigenvalue weighted by Crippen LogP contribution is 2.22. The zero-order chi connectivity index (χ0) is 20.1. The first-order valence-corrected chi connectivity index (χ1v) is 8.68. The molecule has 7 nitrogen and oxygen atoms in total. The first-order valence-electron chi connectivity index (χ1n) is 8.68. The summed E-state index contributed by atoms with van der Waals surface area (Å²) in [4.78, 5) is 4.33. The summed E-state index contributed by atoms with van der Waals surface area (Å²) in [6.07, 6.45) is 1.18. The number of pyridine rings is 1. The molecule has 1 aromatic carbocycles. The van der Waals surface area contributed by atoms with Gasteiger partial charge >= 0.3 is 0 Å². The smallest absolute Gasteiger partial charge is 0.145 e. The number of hydrogen-bond acceptors (Lipinski definition) is 6. The van der Waals surface area contributed by atoms with Crippen LogP contribution in [0.5, 0.6) is 0 Å². The van der Waals surface area contributed by atoms with Crippen molar-refractivity contribution in [3.8, 4) is 17.8 Å². The molecule has 0 aliphatic rings. The fraction of sp³-hybridized carbons (Fsp3) is 0.200. The minimum absolute atomic E-state index is 0.226. The van der Waals surface area contributed by atoms with E-state index in [4.69, 9.17) is 11.0 Å². The van der Waals surface area contributed by atoms with Crippen LogP contribution in [0.3, 0.4) is 0 Å². The van der Waals surface area contributed by atoms with Gasteiger partial charge in [0.05, 0.1) is 16.9 Å². The van der Waals surface area contributed by atoms with Crippen LogP contribution in [0.25, 0.3) is 5.69 Å². The molecule has 0 radical (unpaired) electrons. The summed E-state index contributed by atoms with van der Waals surface area (Å²) < 4.78 is 14.6. The third-order valence-electron chi connectivity index (χ3n) is 4.21. The topological polar surface area (TPSA) is 116 Å². The second-order valence-electron chi connectivity index (χ2n) is 6.20. The molecular weight excluding hydrogens is 357 g/mol. The summed E-state index contributed by atoms with van der Waals surface area (Å²) >= 11 is 0. The molecule has 0 aliphatic heterocycles. The lowest BCUT2D eigenvalue weighted by Gasteiger charge is -2.07. The molecule has 3 N–H and O–H groups in total. The van der Waals surface area contributed by atoms with E-state index in [1.807, 2.05) is 6.92 Å². The molecule has 0 bridgehead atoms. The second-order valence-corrected chi connectivity index (χ2v) is 6.20. The molecular formula is C20H18FN7. The number of rotatable bonds is 6. The predicted molar refractivity (Wildman–Crippen MR) is 103 cm³/mol. The van der Waals surface area contributed by atoms with Crippen molar-refractivity contribution in [3.05, 3.63) is 64.7 Å². The standard InChI is InChI=1S/C20H18FN7/c1-13-4-5-14(11-22)20(26-13)25-10-2-3-18-17(12-23)19(24)28(27-18)16-8-6-15(21)7-9-16/h4-9H,2-3,10,24H2,1H3,(H,25,26). The molecule has 3 aromatic rings. The van der Waals surface area contributed by atoms with Crippen molar-refractivity contribution < 1.29 is 4.39 Å².